The Morgan fingerprint density at radius 2 is 1.88 bits per heavy atom. The molecule has 24 heavy (non-hydrogen) atoms. The zero-order chi connectivity index (χ0) is 17.5. The summed E-state index contributed by atoms with van der Waals surface area (Å²) < 4.78 is 5.54. The van der Waals surface area contributed by atoms with Crippen LogP contribution in [0, 0.1) is 5.92 Å². The zero-order valence-electron chi connectivity index (χ0n) is 16.3. The molecule has 2 heterocycles. The average molecular weight is 340 g/mol. The second kappa shape index (κ2) is 9.59. The predicted molar refractivity (Wildman–Crippen MR) is 101 cm³/mol. The van der Waals surface area contributed by atoms with Gasteiger partial charge in [0.25, 0.3) is 0 Å². The summed E-state index contributed by atoms with van der Waals surface area (Å²) in [7, 11) is 1.89. The minimum Gasteiger partial charge on any atom is -0.379 e. The summed E-state index contributed by atoms with van der Waals surface area (Å²) in [4.78, 5) is 12.0. The molecule has 0 amide bonds. The molecule has 0 aliphatic carbocycles. The van der Waals surface area contributed by atoms with Crippen molar-refractivity contribution in [3.8, 4) is 0 Å². The van der Waals surface area contributed by atoms with Crippen molar-refractivity contribution in [2.24, 2.45) is 10.9 Å². The number of ether oxygens (including phenoxy) is 1. The summed E-state index contributed by atoms with van der Waals surface area (Å²) >= 11 is 0. The van der Waals surface area contributed by atoms with Crippen molar-refractivity contribution in [2.75, 3.05) is 66.1 Å². The van der Waals surface area contributed by atoms with Gasteiger partial charge in [0, 0.05) is 64.9 Å². The van der Waals surface area contributed by atoms with Gasteiger partial charge in [-0.3, -0.25) is 14.8 Å². The molecule has 2 unspecified atom stereocenters. The standard InChI is InChI=1S/C18H37N5O/c1-15(2)13-21-6-8-22(9-7-21)18(19-5)20-12-16(3)23-10-11-24-14-17(23)4/h15-17H,6-14H2,1-5H3,(H,19,20). The van der Waals surface area contributed by atoms with Crippen LogP contribution >= 0.6 is 0 Å². The summed E-state index contributed by atoms with van der Waals surface area (Å²) in [6.45, 7) is 18.4. The molecule has 2 atom stereocenters. The summed E-state index contributed by atoms with van der Waals surface area (Å²) in [5.41, 5.74) is 0. The van der Waals surface area contributed by atoms with Crippen LogP contribution in [0.25, 0.3) is 0 Å². The Kier molecular flexibility index (Phi) is 7.78. The van der Waals surface area contributed by atoms with Crippen LogP contribution in [0.2, 0.25) is 0 Å². The lowest BCUT2D eigenvalue weighted by atomic mass is 10.2. The molecule has 1 N–H and O–H groups in total. The molecule has 0 aromatic heterocycles. The molecule has 2 saturated heterocycles. The van der Waals surface area contributed by atoms with E-state index in [1.165, 1.54) is 6.54 Å². The van der Waals surface area contributed by atoms with Crippen molar-refractivity contribution in [3.05, 3.63) is 0 Å². The normalized spacial score (nSPS) is 26.0. The number of hydrogen-bond acceptors (Lipinski definition) is 4. The fourth-order valence-corrected chi connectivity index (χ4v) is 3.74. The van der Waals surface area contributed by atoms with E-state index < -0.39 is 0 Å². The van der Waals surface area contributed by atoms with Crippen molar-refractivity contribution in [3.63, 3.8) is 0 Å². The zero-order valence-corrected chi connectivity index (χ0v) is 16.3. The Balaban J connectivity index is 1.76. The van der Waals surface area contributed by atoms with Gasteiger partial charge in [0.15, 0.2) is 5.96 Å². The molecule has 0 radical (unpaired) electrons. The molecule has 0 aromatic rings. The number of aliphatic imine (C=N–C) groups is 1. The number of piperazine rings is 1. The van der Waals surface area contributed by atoms with Gasteiger partial charge >= 0.3 is 0 Å². The SMILES string of the molecule is CN=C(NCC(C)N1CCOCC1C)N1CCN(CC(C)C)CC1. The minimum atomic E-state index is 0.489. The van der Waals surface area contributed by atoms with Gasteiger partial charge in [0.1, 0.15) is 0 Å². The van der Waals surface area contributed by atoms with Gasteiger partial charge in [-0.1, -0.05) is 13.8 Å². The van der Waals surface area contributed by atoms with E-state index in [-0.39, 0.29) is 0 Å². The highest BCUT2D eigenvalue weighted by molar-refractivity contribution is 5.80. The summed E-state index contributed by atoms with van der Waals surface area (Å²) in [6, 6.07) is 0.986. The van der Waals surface area contributed by atoms with Crippen LogP contribution in [0.5, 0.6) is 0 Å². The van der Waals surface area contributed by atoms with Gasteiger partial charge in [0.2, 0.25) is 0 Å². The van der Waals surface area contributed by atoms with Gasteiger partial charge < -0.3 is 15.0 Å². The molecule has 0 bridgehead atoms. The number of morpholine rings is 1. The molecular formula is C18H37N5O. The molecule has 2 fully saturated rings. The minimum absolute atomic E-state index is 0.489. The highest BCUT2D eigenvalue weighted by Crippen LogP contribution is 2.10. The number of rotatable bonds is 5. The number of hydrogen-bond donors (Lipinski definition) is 1. The third kappa shape index (κ3) is 5.60. The molecule has 6 heteroatoms. The lowest BCUT2D eigenvalue weighted by Crippen LogP contribution is -2.56. The quantitative estimate of drug-likeness (QED) is 0.597. The Morgan fingerprint density at radius 3 is 2.46 bits per heavy atom. The first kappa shape index (κ1) is 19.5. The lowest BCUT2D eigenvalue weighted by Gasteiger charge is -2.40. The van der Waals surface area contributed by atoms with E-state index in [4.69, 9.17) is 4.74 Å². The van der Waals surface area contributed by atoms with Crippen LogP contribution in [0.1, 0.15) is 27.7 Å². The molecule has 0 spiro atoms. The molecule has 0 aromatic carbocycles. The molecule has 0 saturated carbocycles. The molecule has 2 aliphatic rings. The van der Waals surface area contributed by atoms with Crippen LogP contribution in [0.15, 0.2) is 4.99 Å². The maximum atomic E-state index is 5.54. The number of nitrogens with one attached hydrogen (secondary N) is 1. The van der Waals surface area contributed by atoms with Gasteiger partial charge in [-0.15, -0.1) is 0 Å². The Labute approximate surface area is 148 Å². The van der Waals surface area contributed by atoms with E-state index >= 15 is 0 Å². The smallest absolute Gasteiger partial charge is 0.193 e. The van der Waals surface area contributed by atoms with Gasteiger partial charge in [-0.2, -0.15) is 0 Å². The largest absolute Gasteiger partial charge is 0.379 e. The molecular weight excluding hydrogens is 302 g/mol. The highest BCUT2D eigenvalue weighted by atomic mass is 16.5. The summed E-state index contributed by atoms with van der Waals surface area (Å²) in [5.74, 6) is 1.79. The Morgan fingerprint density at radius 1 is 1.17 bits per heavy atom. The third-order valence-electron chi connectivity index (χ3n) is 5.05. The van der Waals surface area contributed by atoms with E-state index in [0.29, 0.717) is 12.1 Å². The fourth-order valence-electron chi connectivity index (χ4n) is 3.74. The second-order valence-corrected chi connectivity index (χ2v) is 7.62. The summed E-state index contributed by atoms with van der Waals surface area (Å²) in [6.07, 6.45) is 0. The molecule has 2 rings (SSSR count). The van der Waals surface area contributed by atoms with Crippen LogP contribution in [-0.4, -0.2) is 98.8 Å². The van der Waals surface area contributed by atoms with Crippen molar-refractivity contribution < 1.29 is 4.74 Å². The van der Waals surface area contributed by atoms with E-state index in [0.717, 1.165) is 64.4 Å². The van der Waals surface area contributed by atoms with Crippen molar-refractivity contribution >= 4 is 5.96 Å². The summed E-state index contributed by atoms with van der Waals surface area (Å²) in [5, 5.41) is 3.59. The molecule has 140 valence electrons. The van der Waals surface area contributed by atoms with E-state index in [2.05, 4.69) is 52.7 Å². The Bertz CT molecular complexity index is 393. The monoisotopic (exact) mass is 339 g/mol. The molecule has 6 nitrogen and oxygen atoms in total. The predicted octanol–water partition coefficient (Wildman–Crippen LogP) is 0.945. The van der Waals surface area contributed by atoms with Crippen molar-refractivity contribution in [2.45, 2.75) is 39.8 Å². The number of nitrogens with zero attached hydrogens (tertiary/aromatic N) is 4. The fraction of sp³-hybridized carbons (Fsp3) is 0.944. The first-order valence-corrected chi connectivity index (χ1v) is 9.52. The second-order valence-electron chi connectivity index (χ2n) is 7.62. The van der Waals surface area contributed by atoms with Gasteiger partial charge in [-0.05, 0) is 19.8 Å². The van der Waals surface area contributed by atoms with E-state index in [9.17, 15) is 0 Å². The van der Waals surface area contributed by atoms with E-state index in [1.807, 2.05) is 7.05 Å². The van der Waals surface area contributed by atoms with Crippen molar-refractivity contribution in [1.82, 2.24) is 20.0 Å². The van der Waals surface area contributed by atoms with Crippen LogP contribution < -0.4 is 5.32 Å². The highest BCUT2D eigenvalue weighted by Gasteiger charge is 2.25. The molecule has 2 aliphatic heterocycles. The number of guanidine groups is 1. The lowest BCUT2D eigenvalue weighted by molar-refractivity contribution is -0.0175. The first-order chi connectivity index (χ1) is 11.5. The first-order valence-electron chi connectivity index (χ1n) is 9.52. The van der Waals surface area contributed by atoms with Crippen LogP contribution in [0.4, 0.5) is 0 Å². The topological polar surface area (TPSA) is 43.3 Å². The van der Waals surface area contributed by atoms with E-state index in [1.54, 1.807) is 0 Å². The van der Waals surface area contributed by atoms with Gasteiger partial charge in [0.05, 0.1) is 13.2 Å². The van der Waals surface area contributed by atoms with Crippen molar-refractivity contribution in [1.29, 1.82) is 0 Å². The average Bonchev–Trinajstić information content (AvgIpc) is 2.56. The van der Waals surface area contributed by atoms with Gasteiger partial charge in [-0.25, -0.2) is 0 Å². The van der Waals surface area contributed by atoms with Crippen LogP contribution in [-0.2, 0) is 4.74 Å². The van der Waals surface area contributed by atoms with Crippen LogP contribution in [0.3, 0.4) is 0 Å². The maximum absolute atomic E-state index is 5.54. The third-order valence-corrected chi connectivity index (χ3v) is 5.05. The Hall–Kier alpha value is -0.850. The maximum Gasteiger partial charge on any atom is 0.193 e.